The smallest absolute Gasteiger partial charge is 0.211 e. The molecule has 0 saturated carbocycles. The molecule has 0 fully saturated rings. The Morgan fingerprint density at radius 3 is 2.60 bits per heavy atom. The lowest BCUT2D eigenvalue weighted by atomic mass is 10.3. The van der Waals surface area contributed by atoms with E-state index in [9.17, 15) is 4.79 Å². The molecule has 0 saturated heterocycles. The van der Waals surface area contributed by atoms with Crippen LogP contribution in [0.15, 0.2) is 36.7 Å². The van der Waals surface area contributed by atoms with Crippen LogP contribution in [0.4, 0.5) is 5.69 Å². The van der Waals surface area contributed by atoms with E-state index in [1.165, 1.54) is 0 Å². The van der Waals surface area contributed by atoms with Gasteiger partial charge in [-0.3, -0.25) is 4.79 Å². The number of carbonyl (C=O) groups excluding carboxylic acids is 1. The van der Waals surface area contributed by atoms with Gasteiger partial charge in [0.1, 0.15) is 0 Å². The molecule has 1 amide bonds. The van der Waals surface area contributed by atoms with E-state index >= 15 is 0 Å². The molecule has 0 aliphatic carbocycles. The zero-order chi connectivity index (χ0) is 10.7. The number of hydrogen-bond donors (Lipinski definition) is 1. The van der Waals surface area contributed by atoms with Crippen molar-refractivity contribution >= 4 is 23.7 Å². The van der Waals surface area contributed by atoms with Crippen LogP contribution in [0.2, 0.25) is 5.02 Å². The first-order valence-electron chi connectivity index (χ1n) is 4.30. The highest BCUT2D eigenvalue weighted by atomic mass is 35.5. The number of hydrogen-bond acceptors (Lipinski definition) is 2. The topological polar surface area (TPSA) is 46.9 Å². The van der Waals surface area contributed by atoms with Gasteiger partial charge in [-0.25, -0.2) is 4.68 Å². The maximum Gasteiger partial charge on any atom is 0.211 e. The second-order valence-electron chi connectivity index (χ2n) is 2.91. The third kappa shape index (κ3) is 2.16. The van der Waals surface area contributed by atoms with Gasteiger partial charge in [0.25, 0.3) is 0 Å². The highest BCUT2D eigenvalue weighted by molar-refractivity contribution is 6.30. The SMILES string of the molecule is O=CNc1ccc(-n2cc(Cl)cn2)cc1. The molecule has 0 radical (unpaired) electrons. The molecule has 1 aromatic carbocycles. The zero-order valence-corrected chi connectivity index (χ0v) is 8.48. The Balaban J connectivity index is 2.27. The fourth-order valence-corrected chi connectivity index (χ4v) is 1.36. The number of nitrogens with one attached hydrogen (secondary N) is 1. The first-order valence-corrected chi connectivity index (χ1v) is 4.68. The molecule has 15 heavy (non-hydrogen) atoms. The molecule has 0 aliphatic rings. The lowest BCUT2D eigenvalue weighted by molar-refractivity contribution is -0.105. The highest BCUT2D eigenvalue weighted by Gasteiger charge is 1.98. The van der Waals surface area contributed by atoms with Gasteiger partial charge in [-0.15, -0.1) is 0 Å². The van der Waals surface area contributed by atoms with Gasteiger partial charge in [0.15, 0.2) is 0 Å². The molecule has 0 aliphatic heterocycles. The van der Waals surface area contributed by atoms with E-state index in [0.29, 0.717) is 11.4 Å². The number of rotatable bonds is 3. The van der Waals surface area contributed by atoms with E-state index in [0.717, 1.165) is 11.4 Å². The standard InChI is InChI=1S/C10H8ClN3O/c11-8-5-13-14(6-8)10-3-1-9(2-4-10)12-7-15/h1-7H,(H,12,15). The van der Waals surface area contributed by atoms with Crippen LogP contribution in [0.25, 0.3) is 5.69 Å². The number of aromatic nitrogens is 2. The Kier molecular flexibility index (Phi) is 2.69. The van der Waals surface area contributed by atoms with Crippen molar-refractivity contribution in [1.82, 2.24) is 9.78 Å². The highest BCUT2D eigenvalue weighted by Crippen LogP contribution is 2.14. The molecule has 76 valence electrons. The summed E-state index contributed by atoms with van der Waals surface area (Å²) in [6.45, 7) is 0. The van der Waals surface area contributed by atoms with Crippen LogP contribution in [0.5, 0.6) is 0 Å². The fraction of sp³-hybridized carbons (Fsp3) is 0. The lowest BCUT2D eigenvalue weighted by Gasteiger charge is -2.02. The van der Waals surface area contributed by atoms with Crippen LogP contribution < -0.4 is 5.32 Å². The lowest BCUT2D eigenvalue weighted by Crippen LogP contribution is -1.96. The molecule has 4 nitrogen and oxygen atoms in total. The number of amides is 1. The van der Waals surface area contributed by atoms with E-state index in [2.05, 4.69) is 10.4 Å². The van der Waals surface area contributed by atoms with Crippen molar-refractivity contribution in [3.8, 4) is 5.69 Å². The normalized spacial score (nSPS) is 9.93. The molecule has 1 N–H and O–H groups in total. The maximum absolute atomic E-state index is 10.2. The number of benzene rings is 1. The van der Waals surface area contributed by atoms with Crippen LogP contribution in [-0.4, -0.2) is 16.2 Å². The van der Waals surface area contributed by atoms with Gasteiger partial charge in [-0.2, -0.15) is 5.10 Å². The molecular formula is C10H8ClN3O. The van der Waals surface area contributed by atoms with Crippen molar-refractivity contribution < 1.29 is 4.79 Å². The Hall–Kier alpha value is -1.81. The van der Waals surface area contributed by atoms with Crippen LogP contribution in [0.1, 0.15) is 0 Å². The van der Waals surface area contributed by atoms with Crippen LogP contribution in [-0.2, 0) is 4.79 Å². The Morgan fingerprint density at radius 2 is 2.07 bits per heavy atom. The van der Waals surface area contributed by atoms with E-state index in [1.807, 2.05) is 12.1 Å². The van der Waals surface area contributed by atoms with E-state index in [1.54, 1.807) is 29.2 Å². The zero-order valence-electron chi connectivity index (χ0n) is 7.72. The predicted octanol–water partition coefficient (Wildman–Crippen LogP) is 2.09. The van der Waals surface area contributed by atoms with Gasteiger partial charge in [-0.05, 0) is 24.3 Å². The van der Waals surface area contributed by atoms with Gasteiger partial charge >= 0.3 is 0 Å². The molecule has 1 aromatic heterocycles. The van der Waals surface area contributed by atoms with Gasteiger partial charge in [0.2, 0.25) is 6.41 Å². The third-order valence-electron chi connectivity index (χ3n) is 1.91. The average molecular weight is 222 g/mol. The molecule has 0 unspecified atom stereocenters. The van der Waals surface area contributed by atoms with E-state index in [-0.39, 0.29) is 0 Å². The number of carbonyl (C=O) groups is 1. The summed E-state index contributed by atoms with van der Waals surface area (Å²) in [6.07, 6.45) is 3.92. The van der Waals surface area contributed by atoms with Gasteiger partial charge < -0.3 is 5.32 Å². The predicted molar refractivity (Wildman–Crippen MR) is 58.3 cm³/mol. The van der Waals surface area contributed by atoms with Crippen molar-refractivity contribution in [2.75, 3.05) is 5.32 Å². The molecule has 0 atom stereocenters. The second kappa shape index (κ2) is 4.14. The first-order chi connectivity index (χ1) is 7.29. The molecule has 2 rings (SSSR count). The summed E-state index contributed by atoms with van der Waals surface area (Å²) >= 11 is 5.75. The van der Waals surface area contributed by atoms with E-state index < -0.39 is 0 Å². The van der Waals surface area contributed by atoms with Gasteiger partial charge in [0.05, 0.1) is 16.9 Å². The van der Waals surface area contributed by atoms with Crippen molar-refractivity contribution in [3.63, 3.8) is 0 Å². The van der Waals surface area contributed by atoms with Crippen LogP contribution >= 0.6 is 11.6 Å². The minimum absolute atomic E-state index is 0.588. The van der Waals surface area contributed by atoms with Gasteiger partial charge in [-0.1, -0.05) is 11.6 Å². The molecule has 2 aromatic rings. The molecule has 0 bridgehead atoms. The summed E-state index contributed by atoms with van der Waals surface area (Å²) in [6, 6.07) is 7.27. The van der Waals surface area contributed by atoms with Crippen LogP contribution in [0.3, 0.4) is 0 Å². The fourth-order valence-electron chi connectivity index (χ4n) is 1.22. The molecule has 1 heterocycles. The summed E-state index contributed by atoms with van der Waals surface area (Å²) in [5.74, 6) is 0. The van der Waals surface area contributed by atoms with Crippen LogP contribution in [0, 0.1) is 0 Å². The van der Waals surface area contributed by atoms with E-state index in [4.69, 9.17) is 11.6 Å². The largest absolute Gasteiger partial charge is 0.329 e. The summed E-state index contributed by atoms with van der Waals surface area (Å²) in [5.41, 5.74) is 1.63. The van der Waals surface area contributed by atoms with Crippen molar-refractivity contribution in [2.45, 2.75) is 0 Å². The van der Waals surface area contributed by atoms with Crippen molar-refractivity contribution in [3.05, 3.63) is 41.7 Å². The number of anilines is 1. The monoisotopic (exact) mass is 221 g/mol. The summed E-state index contributed by atoms with van der Waals surface area (Å²) in [7, 11) is 0. The summed E-state index contributed by atoms with van der Waals surface area (Å²) in [5, 5.41) is 7.20. The number of halogens is 1. The second-order valence-corrected chi connectivity index (χ2v) is 3.35. The quantitative estimate of drug-likeness (QED) is 0.807. The maximum atomic E-state index is 10.2. The molecule has 0 spiro atoms. The number of nitrogens with zero attached hydrogens (tertiary/aromatic N) is 2. The molecule has 5 heteroatoms. The minimum Gasteiger partial charge on any atom is -0.329 e. The van der Waals surface area contributed by atoms with Gasteiger partial charge in [0, 0.05) is 11.9 Å². The summed E-state index contributed by atoms with van der Waals surface area (Å²) < 4.78 is 1.66. The Bertz CT molecular complexity index is 464. The molecular weight excluding hydrogens is 214 g/mol. The minimum atomic E-state index is 0.588. The van der Waals surface area contributed by atoms with Crippen molar-refractivity contribution in [1.29, 1.82) is 0 Å². The first kappa shape index (κ1) is 9.73. The third-order valence-corrected chi connectivity index (χ3v) is 2.10. The Labute approximate surface area is 91.5 Å². The average Bonchev–Trinajstić information content (AvgIpc) is 2.67. The summed E-state index contributed by atoms with van der Waals surface area (Å²) in [4.78, 5) is 10.2. The Morgan fingerprint density at radius 1 is 1.33 bits per heavy atom. The van der Waals surface area contributed by atoms with Crippen molar-refractivity contribution in [2.24, 2.45) is 0 Å².